The van der Waals surface area contributed by atoms with Gasteiger partial charge in [0, 0.05) is 5.69 Å². The summed E-state index contributed by atoms with van der Waals surface area (Å²) in [6, 6.07) is 11.9. The highest BCUT2D eigenvalue weighted by atomic mass is 32.2. The Morgan fingerprint density at radius 2 is 1.93 bits per heavy atom. The molecule has 158 valence electrons. The zero-order valence-electron chi connectivity index (χ0n) is 16.4. The molecule has 3 rings (SSSR count). The molecule has 0 aliphatic heterocycles. The minimum Gasteiger partial charge on any atom is -0.325 e. The SMILES string of the molecule is CC[C@H](C)c1ccc(NC(=O)CSc2nc(-c3cccs3)cc(C(F)(F)F)n2)cc1. The van der Waals surface area contributed by atoms with Gasteiger partial charge in [-0.25, -0.2) is 9.97 Å². The predicted molar refractivity (Wildman–Crippen MR) is 115 cm³/mol. The van der Waals surface area contributed by atoms with Crippen molar-refractivity contribution in [2.24, 2.45) is 0 Å². The fourth-order valence-electron chi connectivity index (χ4n) is 2.64. The quantitative estimate of drug-likeness (QED) is 0.330. The molecule has 1 aromatic carbocycles. The van der Waals surface area contributed by atoms with Gasteiger partial charge in [-0.1, -0.05) is 43.8 Å². The zero-order chi connectivity index (χ0) is 21.7. The lowest BCUT2D eigenvalue weighted by Crippen LogP contribution is -2.15. The summed E-state index contributed by atoms with van der Waals surface area (Å²) < 4.78 is 39.6. The number of thioether (sulfide) groups is 1. The van der Waals surface area contributed by atoms with Crippen molar-refractivity contribution >= 4 is 34.7 Å². The van der Waals surface area contributed by atoms with Gasteiger partial charge in [0.05, 0.1) is 16.3 Å². The zero-order valence-corrected chi connectivity index (χ0v) is 18.0. The molecule has 0 saturated heterocycles. The first-order valence-corrected chi connectivity index (χ1v) is 11.2. The second kappa shape index (κ2) is 9.61. The topological polar surface area (TPSA) is 54.9 Å². The van der Waals surface area contributed by atoms with Gasteiger partial charge in [0.25, 0.3) is 0 Å². The molecule has 30 heavy (non-hydrogen) atoms. The van der Waals surface area contributed by atoms with Gasteiger partial charge in [-0.2, -0.15) is 13.2 Å². The summed E-state index contributed by atoms with van der Waals surface area (Å²) in [7, 11) is 0. The van der Waals surface area contributed by atoms with E-state index in [9.17, 15) is 18.0 Å². The van der Waals surface area contributed by atoms with Crippen LogP contribution in [0.15, 0.2) is 53.0 Å². The molecular formula is C21H20F3N3OS2. The number of halogens is 3. The smallest absolute Gasteiger partial charge is 0.325 e. The number of alkyl halides is 3. The van der Waals surface area contributed by atoms with Crippen LogP contribution < -0.4 is 5.32 Å². The first kappa shape index (κ1) is 22.3. The third-order valence-electron chi connectivity index (χ3n) is 4.48. The number of anilines is 1. The van der Waals surface area contributed by atoms with Crippen LogP contribution in [0.1, 0.15) is 37.4 Å². The summed E-state index contributed by atoms with van der Waals surface area (Å²) in [6.07, 6.45) is -3.57. The average Bonchev–Trinajstić information content (AvgIpc) is 3.26. The number of hydrogen-bond donors (Lipinski definition) is 1. The number of hydrogen-bond acceptors (Lipinski definition) is 5. The molecule has 0 bridgehead atoms. The maximum Gasteiger partial charge on any atom is 0.433 e. The van der Waals surface area contributed by atoms with Crippen LogP contribution in [0.3, 0.4) is 0 Å². The maximum absolute atomic E-state index is 13.2. The predicted octanol–water partition coefficient (Wildman–Crippen LogP) is 6.47. The number of carbonyl (C=O) groups excluding carboxylic acids is 1. The second-order valence-electron chi connectivity index (χ2n) is 6.66. The number of thiophene rings is 1. The van der Waals surface area contributed by atoms with Gasteiger partial charge in [-0.3, -0.25) is 4.79 Å². The van der Waals surface area contributed by atoms with Gasteiger partial charge in [0.2, 0.25) is 5.91 Å². The monoisotopic (exact) mass is 451 g/mol. The molecule has 1 N–H and O–H groups in total. The normalized spacial score (nSPS) is 12.6. The molecule has 9 heteroatoms. The molecule has 2 heterocycles. The van der Waals surface area contributed by atoms with E-state index < -0.39 is 11.9 Å². The molecule has 4 nitrogen and oxygen atoms in total. The molecule has 0 unspecified atom stereocenters. The van der Waals surface area contributed by atoms with Gasteiger partial charge in [0.15, 0.2) is 5.16 Å². The third kappa shape index (κ3) is 5.82. The molecule has 0 aliphatic carbocycles. The van der Waals surface area contributed by atoms with E-state index in [0.717, 1.165) is 24.2 Å². The number of benzene rings is 1. The summed E-state index contributed by atoms with van der Waals surface area (Å²) >= 11 is 2.16. The molecule has 2 aromatic heterocycles. The van der Waals surface area contributed by atoms with Crippen LogP contribution in [-0.2, 0) is 11.0 Å². The molecule has 0 saturated carbocycles. The van der Waals surface area contributed by atoms with Crippen molar-refractivity contribution in [3.63, 3.8) is 0 Å². The number of aromatic nitrogens is 2. The summed E-state index contributed by atoms with van der Waals surface area (Å²) in [6.45, 7) is 4.24. The number of nitrogens with zero attached hydrogens (tertiary/aromatic N) is 2. The van der Waals surface area contributed by atoms with E-state index in [2.05, 4.69) is 29.1 Å². The highest BCUT2D eigenvalue weighted by Crippen LogP contribution is 2.33. The summed E-state index contributed by atoms with van der Waals surface area (Å²) in [5.74, 6) is -0.00549. The number of rotatable bonds is 7. The minimum atomic E-state index is -4.59. The molecule has 0 radical (unpaired) electrons. The molecule has 1 atom stereocenters. The van der Waals surface area contributed by atoms with Crippen LogP contribution >= 0.6 is 23.1 Å². The van der Waals surface area contributed by atoms with E-state index in [1.165, 1.54) is 16.9 Å². The molecule has 1 amide bonds. The van der Waals surface area contributed by atoms with Crippen LogP contribution in [-0.4, -0.2) is 21.6 Å². The van der Waals surface area contributed by atoms with Crippen molar-refractivity contribution in [1.82, 2.24) is 9.97 Å². The van der Waals surface area contributed by atoms with Crippen molar-refractivity contribution < 1.29 is 18.0 Å². The van der Waals surface area contributed by atoms with E-state index in [4.69, 9.17) is 0 Å². The summed E-state index contributed by atoms with van der Waals surface area (Å²) in [4.78, 5) is 20.6. The lowest BCUT2D eigenvalue weighted by Gasteiger charge is -2.11. The molecule has 0 aliphatic rings. The van der Waals surface area contributed by atoms with Crippen LogP contribution in [0.4, 0.5) is 18.9 Å². The van der Waals surface area contributed by atoms with Gasteiger partial charge >= 0.3 is 6.18 Å². The van der Waals surface area contributed by atoms with Crippen molar-refractivity contribution in [1.29, 1.82) is 0 Å². The van der Waals surface area contributed by atoms with E-state index in [-0.39, 0.29) is 22.5 Å². The molecule has 0 spiro atoms. The van der Waals surface area contributed by atoms with Crippen molar-refractivity contribution in [3.05, 3.63) is 59.1 Å². The third-order valence-corrected chi connectivity index (χ3v) is 6.22. The Balaban J connectivity index is 1.68. The highest BCUT2D eigenvalue weighted by molar-refractivity contribution is 7.99. The Kier molecular flexibility index (Phi) is 7.14. The lowest BCUT2D eigenvalue weighted by atomic mass is 9.99. The van der Waals surface area contributed by atoms with Crippen LogP contribution in [0.5, 0.6) is 0 Å². The first-order valence-electron chi connectivity index (χ1n) is 9.29. The largest absolute Gasteiger partial charge is 0.433 e. The number of carbonyl (C=O) groups is 1. The molecule has 0 fully saturated rings. The number of amides is 1. The minimum absolute atomic E-state index is 0.0875. The summed E-state index contributed by atoms with van der Waals surface area (Å²) in [5.41, 5.74) is 0.987. The Morgan fingerprint density at radius 1 is 1.20 bits per heavy atom. The first-order chi connectivity index (χ1) is 14.3. The van der Waals surface area contributed by atoms with E-state index >= 15 is 0 Å². The number of nitrogens with one attached hydrogen (secondary N) is 1. The van der Waals surface area contributed by atoms with Gasteiger partial charge in [0.1, 0.15) is 5.69 Å². The Labute approximate surface area is 181 Å². The molecular weight excluding hydrogens is 431 g/mol. The van der Waals surface area contributed by atoms with Crippen LogP contribution in [0, 0.1) is 0 Å². The van der Waals surface area contributed by atoms with Gasteiger partial charge < -0.3 is 5.32 Å². The van der Waals surface area contributed by atoms with E-state index in [1.807, 2.05) is 24.3 Å². The highest BCUT2D eigenvalue weighted by Gasteiger charge is 2.34. The lowest BCUT2D eigenvalue weighted by molar-refractivity contribution is -0.141. The second-order valence-corrected chi connectivity index (χ2v) is 8.55. The van der Waals surface area contributed by atoms with Crippen molar-refractivity contribution in [2.75, 3.05) is 11.1 Å². The fourth-order valence-corrected chi connectivity index (χ4v) is 3.99. The Hall–Kier alpha value is -2.39. The van der Waals surface area contributed by atoms with Gasteiger partial charge in [-0.15, -0.1) is 11.3 Å². The Bertz CT molecular complexity index is 990. The standard InChI is InChI=1S/C21H20F3N3OS2/c1-3-13(2)14-6-8-15(9-7-14)25-19(28)12-30-20-26-16(17-5-4-10-29-17)11-18(27-20)21(22,23)24/h4-11,13H,3,12H2,1-2H3,(H,25,28)/t13-/m0/s1. The maximum atomic E-state index is 13.2. The van der Waals surface area contributed by atoms with Crippen molar-refractivity contribution in [2.45, 2.75) is 37.5 Å². The molecule has 3 aromatic rings. The van der Waals surface area contributed by atoms with Crippen molar-refractivity contribution in [3.8, 4) is 10.6 Å². The average molecular weight is 452 g/mol. The fraction of sp³-hybridized carbons (Fsp3) is 0.286. The van der Waals surface area contributed by atoms with Gasteiger partial charge in [-0.05, 0) is 47.5 Å². The summed E-state index contributed by atoms with van der Waals surface area (Å²) in [5, 5.41) is 4.42. The van der Waals surface area contributed by atoms with Crippen LogP contribution in [0.25, 0.3) is 10.6 Å². The van der Waals surface area contributed by atoms with E-state index in [1.54, 1.807) is 17.5 Å². The van der Waals surface area contributed by atoms with E-state index in [0.29, 0.717) is 16.5 Å². The van der Waals surface area contributed by atoms with Crippen LogP contribution in [0.2, 0.25) is 0 Å². The Morgan fingerprint density at radius 3 is 2.53 bits per heavy atom.